The smallest absolute Gasteiger partial charge is 0.512 e. The molecule has 0 aliphatic rings. The molecule has 0 saturated carbocycles. The molecule has 0 fully saturated rings. The third-order valence-electron chi connectivity index (χ3n) is 0. The van der Waals surface area contributed by atoms with Crippen LogP contribution in [0.15, 0.2) is 0 Å². The van der Waals surface area contributed by atoms with Crippen LogP contribution in [0.4, 0.5) is 0 Å². The maximum absolute atomic E-state index is 6.25. The molecule has 0 bridgehead atoms. The Hall–Kier alpha value is 0.0595. The van der Waals surface area contributed by atoms with Crippen LogP contribution in [0.1, 0.15) is 0 Å². The van der Waals surface area contributed by atoms with Gasteiger partial charge < -0.3 is 126 Å². The minimum absolute atomic E-state index is 0. The zero-order valence-electron chi connectivity index (χ0n) is 14.0. The second-order valence-electron chi connectivity index (χ2n) is 0. The number of hydrogen-bond acceptors (Lipinski definition) is 6. The number of nitrogens with zero attached hydrogens (tertiary/aromatic N) is 6. The third-order valence-corrected chi connectivity index (χ3v) is 0. The van der Waals surface area contributed by atoms with Gasteiger partial charge in [0.1, 0.15) is 0 Å². The maximum Gasteiger partial charge on any atom is 5.00 e. The zero-order chi connectivity index (χ0) is 12.0. The summed E-state index contributed by atoms with van der Waals surface area (Å²) in [6.45, 7) is 28.5. The summed E-state index contributed by atoms with van der Waals surface area (Å²) in [7, 11) is 0. The van der Waals surface area contributed by atoms with E-state index in [4.69, 9.17) is 71.0 Å². The van der Waals surface area contributed by atoms with E-state index in [2.05, 4.69) is 0 Å². The summed E-state index contributed by atoms with van der Waals surface area (Å²) in [5, 5.41) is 37.5. The molecule has 0 aliphatic carbocycles. The summed E-state index contributed by atoms with van der Waals surface area (Å²) in [5.41, 5.74) is 0. The average molecular weight is 461 g/mol. The van der Waals surface area contributed by atoms with Crippen molar-refractivity contribution >= 4 is 59.1 Å². The summed E-state index contributed by atoms with van der Waals surface area (Å²) >= 11 is 0. The second-order valence-corrected chi connectivity index (χ2v) is 0. The Labute approximate surface area is 229 Å². The van der Waals surface area contributed by atoms with Crippen molar-refractivity contribution in [1.82, 2.24) is 0 Å². The number of hydrogen-bond donors (Lipinski definition) is 0. The van der Waals surface area contributed by atoms with Gasteiger partial charge in [0.2, 0.25) is 0 Å². The fourth-order valence-electron chi connectivity index (χ4n) is 0. The van der Waals surface area contributed by atoms with Gasteiger partial charge in [0.25, 0.3) is 0 Å². The molecule has 20 heteroatoms. The van der Waals surface area contributed by atoms with Crippen LogP contribution < -0.4 is 29.6 Å². The quantitative estimate of drug-likeness (QED) is 0.248. The van der Waals surface area contributed by atoms with Crippen molar-refractivity contribution in [2.45, 2.75) is 0 Å². The Balaban J connectivity index is -0.000000000833. The van der Waals surface area contributed by atoms with Crippen molar-refractivity contribution in [1.29, 1.82) is 31.6 Å². The van der Waals surface area contributed by atoms with Crippen molar-refractivity contribution in [2.75, 3.05) is 0 Å². The van der Waals surface area contributed by atoms with Crippen molar-refractivity contribution in [3.63, 3.8) is 0 Å². The molecule has 0 aliphatic heterocycles. The fourth-order valence-corrected chi connectivity index (χ4v) is 0. The van der Waals surface area contributed by atoms with E-state index in [0.29, 0.717) is 0 Å². The molecule has 0 rings (SSSR count). The van der Waals surface area contributed by atoms with Crippen LogP contribution in [0, 0.1) is 71.0 Å². The van der Waals surface area contributed by atoms with Gasteiger partial charge in [-0.2, -0.15) is 0 Å². The summed E-state index contributed by atoms with van der Waals surface area (Å²) in [6, 6.07) is 0. The minimum atomic E-state index is 0. The first kappa shape index (κ1) is 446. The predicted molar refractivity (Wildman–Crippen MR) is 77.5 cm³/mol. The first-order valence-corrected chi connectivity index (χ1v) is 1.34. The first-order valence-electron chi connectivity index (χ1n) is 1.34. The summed E-state index contributed by atoms with van der Waals surface area (Å²) in [6.07, 6.45) is 0. The molecule has 0 aromatic carbocycles. The van der Waals surface area contributed by atoms with Crippen LogP contribution in [-0.4, -0.2) is 114 Å². The van der Waals surface area contributed by atoms with Crippen molar-refractivity contribution in [2.24, 2.45) is 0 Å². The summed E-state index contributed by atoms with van der Waals surface area (Å²) < 4.78 is 0. The molecule has 0 unspecified atom stereocenters. The predicted octanol–water partition coefficient (Wildman–Crippen LogP) is -11.4. The molecule has 0 atom stereocenters. The van der Waals surface area contributed by atoms with Crippen LogP contribution in [0.2, 0.25) is 0 Å². The topological polar surface area (TPSA) is 458 Å². The molecular formula is C6H20FeN6Na3O10. The van der Waals surface area contributed by atoms with E-state index in [-0.39, 0.29) is 161 Å². The standard InChI is InChI=1S/6CN.Fe.3Na.10H2O/c6*1-2;;;;;;;;;;;;;;/h;;;;;;;;;;10*1H2/q6*-1;+5;;;+1;;;;;;;;;;. The van der Waals surface area contributed by atoms with Gasteiger partial charge in [-0.3, -0.25) is 0 Å². The van der Waals surface area contributed by atoms with Gasteiger partial charge >= 0.3 is 46.6 Å². The molecule has 3 radical (unpaired) electrons. The molecule has 26 heavy (non-hydrogen) atoms. The monoisotopic (exact) mass is 461 g/mol. The van der Waals surface area contributed by atoms with Gasteiger partial charge in [0.05, 0.1) is 0 Å². The van der Waals surface area contributed by atoms with Crippen molar-refractivity contribution in [3.05, 3.63) is 39.4 Å². The molecule has 0 heterocycles. The Morgan fingerprint density at radius 1 is 0.269 bits per heavy atom. The van der Waals surface area contributed by atoms with Crippen LogP contribution >= 0.6 is 0 Å². The SMILES string of the molecule is O.O.O.O.O.O.O.O.O.O.[C-]#N.[C-]#N.[C-]#N.[C-]#N.[C-]#N.[C-]#N.[Fe+5].[Na+].[Na].[Na]. The Bertz CT molecular complexity index is 128. The van der Waals surface area contributed by atoms with Gasteiger partial charge in [0.15, 0.2) is 0 Å². The Morgan fingerprint density at radius 2 is 0.269 bits per heavy atom. The fraction of sp³-hybridized carbons (Fsp3) is 0. The van der Waals surface area contributed by atoms with Crippen molar-refractivity contribution in [3.8, 4) is 0 Å². The van der Waals surface area contributed by atoms with E-state index in [1.165, 1.54) is 0 Å². The average Bonchev–Trinajstić information content (AvgIpc) is 2.33. The van der Waals surface area contributed by atoms with E-state index in [1.807, 2.05) is 0 Å². The molecule has 0 spiro atoms. The Kier molecular flexibility index (Phi) is 70300000. The second kappa shape index (κ2) is 4100000. The third kappa shape index (κ3) is 3620000. The molecular weight excluding hydrogens is 441 g/mol. The van der Waals surface area contributed by atoms with Gasteiger partial charge in [-0.15, -0.1) is 0 Å². The van der Waals surface area contributed by atoms with Gasteiger partial charge in [-0.05, 0) is 0 Å². The van der Waals surface area contributed by atoms with Gasteiger partial charge in [-0.25, -0.2) is 0 Å². The van der Waals surface area contributed by atoms with Crippen LogP contribution in [0.3, 0.4) is 0 Å². The molecule has 0 aromatic heterocycles. The normalized spacial score (nSPS) is 0.462. The zero-order valence-corrected chi connectivity index (χ0v) is 21.1. The molecule has 0 aromatic rings. The maximum atomic E-state index is 6.25. The largest absolute Gasteiger partial charge is 5.00 e. The summed E-state index contributed by atoms with van der Waals surface area (Å²) in [5.74, 6) is 0. The first-order chi connectivity index (χ1) is 6.00. The van der Waals surface area contributed by atoms with E-state index < -0.39 is 0 Å². The molecule has 20 N–H and O–H groups in total. The Morgan fingerprint density at radius 3 is 0.269 bits per heavy atom. The molecule has 0 saturated heterocycles. The van der Waals surface area contributed by atoms with E-state index in [0.717, 1.165) is 0 Å². The minimum Gasteiger partial charge on any atom is -0.512 e. The van der Waals surface area contributed by atoms with E-state index in [9.17, 15) is 0 Å². The van der Waals surface area contributed by atoms with Crippen LogP contribution in [0.5, 0.6) is 0 Å². The molecule has 0 amide bonds. The van der Waals surface area contributed by atoms with E-state index in [1.54, 1.807) is 0 Å². The van der Waals surface area contributed by atoms with Gasteiger partial charge in [0, 0.05) is 59.1 Å². The van der Waals surface area contributed by atoms with Gasteiger partial charge in [-0.1, -0.05) is 0 Å². The van der Waals surface area contributed by atoms with Crippen LogP contribution in [-0.2, 0) is 17.1 Å². The molecule has 16 nitrogen and oxygen atoms in total. The molecule has 145 valence electrons. The van der Waals surface area contributed by atoms with Crippen molar-refractivity contribution < 1.29 is 101 Å². The van der Waals surface area contributed by atoms with Crippen LogP contribution in [0.25, 0.3) is 0 Å². The van der Waals surface area contributed by atoms with E-state index >= 15 is 0 Å². The number of rotatable bonds is 0. The summed E-state index contributed by atoms with van der Waals surface area (Å²) in [4.78, 5) is 0.